The van der Waals surface area contributed by atoms with Gasteiger partial charge >= 0.3 is 35.9 Å². The Bertz CT molecular complexity index is 365. The van der Waals surface area contributed by atoms with Crippen LogP contribution in [0.1, 0.15) is 0 Å². The molecule has 0 saturated carbocycles. The maximum absolute atomic E-state index is 12.3. The third-order valence-electron chi connectivity index (χ3n) is 1.69. The summed E-state index contributed by atoms with van der Waals surface area (Å²) >= 11 is 0. The molecule has 20 heavy (non-hydrogen) atoms. The molecular formula is C6CuF12O. The van der Waals surface area contributed by atoms with Crippen LogP contribution in [-0.4, -0.2) is 35.9 Å². The van der Waals surface area contributed by atoms with Crippen molar-refractivity contribution in [2.75, 3.05) is 0 Å². The second-order valence-corrected chi connectivity index (χ2v) is 3.05. The van der Waals surface area contributed by atoms with E-state index in [1.54, 1.807) is 0 Å². The van der Waals surface area contributed by atoms with E-state index < -0.39 is 35.9 Å². The smallest absolute Gasteiger partial charge is 0.282 e. The molecule has 0 saturated heterocycles. The maximum atomic E-state index is 12.3. The Morgan fingerprint density at radius 2 is 0.900 bits per heavy atom. The summed E-state index contributed by atoms with van der Waals surface area (Å²) in [6.07, 6.45) is -14.0. The van der Waals surface area contributed by atoms with Gasteiger partial charge in [0.05, 0.1) is 0 Å². The SMILES string of the molecule is O=C(C(F)(F)F)C(F)(F)C(F)(F)C(F)(F)C(F)(F)F.[Cu]. The Balaban J connectivity index is 0. The first-order valence-corrected chi connectivity index (χ1v) is 3.72. The summed E-state index contributed by atoms with van der Waals surface area (Å²) in [6.45, 7) is 0. The standard InChI is InChI=1S/C6F12O.Cu/c7-2(8,1(19)3(9,10)11)4(12,13)5(14,15)6(16,17)18;. The molecule has 0 aromatic heterocycles. The van der Waals surface area contributed by atoms with Crippen LogP contribution in [0.3, 0.4) is 0 Å². The van der Waals surface area contributed by atoms with E-state index in [1.165, 1.54) is 0 Å². The minimum Gasteiger partial charge on any atom is -0.282 e. The Kier molecular flexibility index (Phi) is 5.71. The molecule has 0 rings (SSSR count). The van der Waals surface area contributed by atoms with Crippen LogP contribution in [-0.2, 0) is 21.9 Å². The minimum absolute atomic E-state index is 0. The first-order valence-electron chi connectivity index (χ1n) is 3.72. The zero-order chi connectivity index (χ0) is 16.1. The van der Waals surface area contributed by atoms with Gasteiger partial charge in [-0.25, -0.2) is 0 Å². The monoisotopic (exact) mass is 379 g/mol. The Morgan fingerprint density at radius 1 is 0.600 bits per heavy atom. The number of rotatable bonds is 3. The fraction of sp³-hybridized carbons (Fsp3) is 0.833. The first kappa shape index (κ1) is 21.6. The summed E-state index contributed by atoms with van der Waals surface area (Å²) in [5.41, 5.74) is 0. The minimum atomic E-state index is -7.61. The van der Waals surface area contributed by atoms with Crippen LogP contribution in [0, 0.1) is 0 Å². The van der Waals surface area contributed by atoms with Crippen molar-refractivity contribution in [2.24, 2.45) is 0 Å². The van der Waals surface area contributed by atoms with E-state index in [0.29, 0.717) is 0 Å². The molecule has 0 spiro atoms. The summed E-state index contributed by atoms with van der Waals surface area (Å²) in [6, 6.07) is 0. The van der Waals surface area contributed by atoms with Crippen LogP contribution in [0.15, 0.2) is 0 Å². The second-order valence-electron chi connectivity index (χ2n) is 3.05. The van der Waals surface area contributed by atoms with E-state index in [0.717, 1.165) is 0 Å². The van der Waals surface area contributed by atoms with E-state index >= 15 is 0 Å². The van der Waals surface area contributed by atoms with Crippen molar-refractivity contribution in [1.82, 2.24) is 0 Å². The third-order valence-corrected chi connectivity index (χ3v) is 1.69. The fourth-order valence-corrected chi connectivity index (χ4v) is 0.696. The summed E-state index contributed by atoms with van der Waals surface area (Å²) in [5, 5.41) is 0. The van der Waals surface area contributed by atoms with E-state index in [2.05, 4.69) is 0 Å². The Labute approximate surface area is 111 Å². The molecule has 14 heteroatoms. The van der Waals surface area contributed by atoms with Crippen LogP contribution in [0.4, 0.5) is 52.7 Å². The first-order chi connectivity index (χ1) is 7.90. The molecule has 0 aromatic rings. The molecule has 0 aromatic carbocycles. The van der Waals surface area contributed by atoms with Gasteiger partial charge in [0.1, 0.15) is 0 Å². The number of Topliss-reactive ketones (excluding diaryl/α,β-unsaturated/α-hetero) is 1. The molecular weight excluding hydrogens is 380 g/mol. The van der Waals surface area contributed by atoms with Crippen molar-refractivity contribution in [3.05, 3.63) is 0 Å². The molecule has 0 heterocycles. The van der Waals surface area contributed by atoms with Gasteiger partial charge in [-0.05, 0) is 0 Å². The van der Waals surface area contributed by atoms with Crippen molar-refractivity contribution < 1.29 is 74.5 Å². The molecule has 0 aliphatic heterocycles. The summed E-state index contributed by atoms with van der Waals surface area (Å²) < 4.78 is 142. The van der Waals surface area contributed by atoms with Gasteiger partial charge in [-0.3, -0.25) is 4.79 Å². The molecule has 0 fully saturated rings. The van der Waals surface area contributed by atoms with Gasteiger partial charge in [-0.1, -0.05) is 0 Å². The largest absolute Gasteiger partial charge is 0.460 e. The molecule has 0 bridgehead atoms. The Morgan fingerprint density at radius 3 is 1.10 bits per heavy atom. The van der Waals surface area contributed by atoms with Gasteiger partial charge in [0.15, 0.2) is 0 Å². The average molecular weight is 380 g/mol. The predicted molar refractivity (Wildman–Crippen MR) is 32.0 cm³/mol. The van der Waals surface area contributed by atoms with Gasteiger partial charge < -0.3 is 0 Å². The van der Waals surface area contributed by atoms with E-state index in [4.69, 9.17) is 0 Å². The van der Waals surface area contributed by atoms with Crippen LogP contribution in [0.5, 0.6) is 0 Å². The molecule has 0 unspecified atom stereocenters. The van der Waals surface area contributed by atoms with Crippen molar-refractivity contribution >= 4 is 5.78 Å². The third kappa shape index (κ3) is 3.15. The van der Waals surface area contributed by atoms with Crippen LogP contribution in [0.25, 0.3) is 0 Å². The number of hydrogen-bond donors (Lipinski definition) is 0. The van der Waals surface area contributed by atoms with Crippen LogP contribution < -0.4 is 0 Å². The van der Waals surface area contributed by atoms with Gasteiger partial charge in [-0.2, -0.15) is 52.7 Å². The van der Waals surface area contributed by atoms with Crippen molar-refractivity contribution in [3.63, 3.8) is 0 Å². The molecule has 1 radical (unpaired) electrons. The fourth-order valence-electron chi connectivity index (χ4n) is 0.696. The summed E-state index contributed by atoms with van der Waals surface area (Å²) in [5.74, 6) is -27.1. The van der Waals surface area contributed by atoms with E-state index in [9.17, 15) is 57.5 Å². The topological polar surface area (TPSA) is 17.1 Å². The number of ketones is 1. The van der Waals surface area contributed by atoms with Crippen molar-refractivity contribution in [1.29, 1.82) is 0 Å². The molecule has 0 amide bonds. The number of halogens is 12. The number of carbonyl (C=O) groups is 1. The molecule has 0 atom stereocenters. The predicted octanol–water partition coefficient (Wildman–Crippen LogP) is 3.58. The number of hydrogen-bond acceptors (Lipinski definition) is 1. The average Bonchev–Trinajstić information content (AvgIpc) is 2.12. The van der Waals surface area contributed by atoms with Crippen molar-refractivity contribution in [2.45, 2.75) is 30.1 Å². The molecule has 0 N–H and O–H groups in total. The molecule has 1 nitrogen and oxygen atoms in total. The van der Waals surface area contributed by atoms with Gasteiger partial charge in [-0.15, -0.1) is 0 Å². The van der Waals surface area contributed by atoms with E-state index in [-0.39, 0.29) is 17.1 Å². The van der Waals surface area contributed by atoms with E-state index in [1.807, 2.05) is 0 Å². The zero-order valence-corrected chi connectivity index (χ0v) is 9.19. The maximum Gasteiger partial charge on any atom is 0.460 e. The summed E-state index contributed by atoms with van der Waals surface area (Å²) in [7, 11) is 0. The number of alkyl halides is 12. The van der Waals surface area contributed by atoms with Gasteiger partial charge in [0.2, 0.25) is 0 Å². The Hall–Kier alpha value is -0.651. The summed E-state index contributed by atoms with van der Waals surface area (Å²) in [4.78, 5) is 9.85. The van der Waals surface area contributed by atoms with Gasteiger partial charge in [0, 0.05) is 17.1 Å². The van der Waals surface area contributed by atoms with Crippen LogP contribution >= 0.6 is 0 Å². The number of carbonyl (C=O) groups excluding carboxylic acids is 1. The quantitative estimate of drug-likeness (QED) is 0.541. The second kappa shape index (κ2) is 5.28. The normalized spacial score (nSPS) is 14.8. The molecule has 0 aliphatic carbocycles. The molecule has 0 aliphatic rings. The molecule has 125 valence electrons. The van der Waals surface area contributed by atoms with Crippen LogP contribution in [0.2, 0.25) is 0 Å². The van der Waals surface area contributed by atoms with Gasteiger partial charge in [0.25, 0.3) is 0 Å². The zero-order valence-electron chi connectivity index (χ0n) is 8.25. The van der Waals surface area contributed by atoms with Crippen molar-refractivity contribution in [3.8, 4) is 0 Å².